The van der Waals surface area contributed by atoms with Gasteiger partial charge in [0.2, 0.25) is 0 Å². The summed E-state index contributed by atoms with van der Waals surface area (Å²) in [6.07, 6.45) is 0. The maximum atomic E-state index is 5.67. The van der Waals surface area contributed by atoms with E-state index in [9.17, 15) is 0 Å². The van der Waals surface area contributed by atoms with Gasteiger partial charge in [0.05, 0.1) is 0 Å². The molecule has 0 aliphatic carbocycles. The molecule has 0 spiro atoms. The van der Waals surface area contributed by atoms with Crippen molar-refractivity contribution >= 4 is 50.1 Å². The molecule has 0 saturated carbocycles. The summed E-state index contributed by atoms with van der Waals surface area (Å²) in [6.45, 7) is 0. The fraction of sp³-hybridized carbons (Fsp3) is 0.143. The van der Waals surface area contributed by atoms with Crippen LogP contribution in [-0.2, 0) is 5.88 Å². The lowest BCUT2D eigenvalue weighted by atomic mass is 10.2. The fourth-order valence-corrected chi connectivity index (χ4v) is 1.97. The van der Waals surface area contributed by atoms with E-state index in [1.165, 1.54) is 3.57 Å². The van der Waals surface area contributed by atoms with Crippen molar-refractivity contribution in [3.63, 3.8) is 0 Å². The molecule has 0 saturated heterocycles. The van der Waals surface area contributed by atoms with Crippen LogP contribution in [0.3, 0.4) is 0 Å². The number of alkyl halides is 1. The Balaban J connectivity index is 3.09. The molecule has 0 unspecified atom stereocenters. The van der Waals surface area contributed by atoms with Crippen LogP contribution in [0.4, 0.5) is 0 Å². The van der Waals surface area contributed by atoms with Crippen molar-refractivity contribution in [1.29, 1.82) is 0 Å². The summed E-state index contributed by atoms with van der Waals surface area (Å²) in [5, 5.41) is 0. The lowest BCUT2D eigenvalue weighted by Crippen LogP contribution is -1.80. The topological polar surface area (TPSA) is 0 Å². The number of hydrogen-bond acceptors (Lipinski definition) is 0. The highest BCUT2D eigenvalue weighted by Crippen LogP contribution is 2.20. The van der Waals surface area contributed by atoms with E-state index in [4.69, 9.17) is 11.6 Å². The highest BCUT2D eigenvalue weighted by atomic mass is 127. The zero-order chi connectivity index (χ0) is 7.56. The first-order chi connectivity index (χ1) is 4.74. The molecule has 0 nitrogen and oxygen atoms in total. The molecule has 1 aromatic rings. The Morgan fingerprint density at radius 1 is 1.50 bits per heavy atom. The van der Waals surface area contributed by atoms with E-state index in [2.05, 4.69) is 44.6 Å². The summed E-state index contributed by atoms with van der Waals surface area (Å²) in [5.74, 6) is 0.567. The average molecular weight is 331 g/mol. The van der Waals surface area contributed by atoms with Gasteiger partial charge >= 0.3 is 0 Å². The summed E-state index contributed by atoms with van der Waals surface area (Å²) in [7, 11) is 0. The highest BCUT2D eigenvalue weighted by molar-refractivity contribution is 14.1. The Morgan fingerprint density at radius 2 is 2.20 bits per heavy atom. The molecule has 0 aromatic heterocycles. The Labute approximate surface area is 87.2 Å². The molecule has 0 fully saturated rings. The van der Waals surface area contributed by atoms with Crippen LogP contribution in [0.25, 0.3) is 0 Å². The van der Waals surface area contributed by atoms with Crippen molar-refractivity contribution in [1.82, 2.24) is 0 Å². The van der Waals surface area contributed by atoms with Gasteiger partial charge in [0.15, 0.2) is 0 Å². The third-order valence-electron chi connectivity index (χ3n) is 1.15. The Bertz CT molecular complexity index is 237. The predicted octanol–water partition coefficient (Wildman–Crippen LogP) is 3.79. The van der Waals surface area contributed by atoms with Gasteiger partial charge in [-0.05, 0) is 46.4 Å². The van der Waals surface area contributed by atoms with E-state index < -0.39 is 0 Å². The molecule has 0 bridgehead atoms. The second-order valence-electron chi connectivity index (χ2n) is 1.87. The molecule has 0 amide bonds. The molecular weight excluding hydrogens is 326 g/mol. The van der Waals surface area contributed by atoms with Gasteiger partial charge < -0.3 is 0 Å². The van der Waals surface area contributed by atoms with Crippen molar-refractivity contribution in [3.8, 4) is 0 Å². The molecular formula is C7H5BrClI. The monoisotopic (exact) mass is 330 g/mol. The molecule has 0 N–H and O–H groups in total. The molecule has 1 rings (SSSR count). The Morgan fingerprint density at radius 3 is 2.70 bits per heavy atom. The molecule has 3 heteroatoms. The van der Waals surface area contributed by atoms with Crippen molar-refractivity contribution in [2.75, 3.05) is 0 Å². The van der Waals surface area contributed by atoms with Gasteiger partial charge in [0.25, 0.3) is 0 Å². The third-order valence-corrected chi connectivity index (χ3v) is 2.88. The summed E-state index contributed by atoms with van der Waals surface area (Å²) < 4.78 is 2.30. The summed E-state index contributed by atoms with van der Waals surface area (Å²) in [5.41, 5.74) is 1.15. The van der Waals surface area contributed by atoms with E-state index in [0.717, 1.165) is 10.0 Å². The zero-order valence-electron chi connectivity index (χ0n) is 5.07. The van der Waals surface area contributed by atoms with E-state index in [1.54, 1.807) is 0 Å². The molecule has 0 aliphatic rings. The Hall–Kier alpha value is 0.720. The van der Waals surface area contributed by atoms with Crippen molar-refractivity contribution in [2.24, 2.45) is 0 Å². The normalized spacial score (nSPS) is 9.90. The van der Waals surface area contributed by atoms with Gasteiger partial charge in [-0.3, -0.25) is 0 Å². The quantitative estimate of drug-likeness (QED) is 0.542. The molecule has 54 valence electrons. The van der Waals surface area contributed by atoms with Crippen LogP contribution in [0.1, 0.15) is 5.56 Å². The average Bonchev–Trinajstić information content (AvgIpc) is 1.94. The molecule has 1 aromatic carbocycles. The predicted molar refractivity (Wildman–Crippen MR) is 56.4 cm³/mol. The maximum absolute atomic E-state index is 5.67. The minimum Gasteiger partial charge on any atom is -0.122 e. The maximum Gasteiger partial charge on any atom is 0.0485 e. The van der Waals surface area contributed by atoms with Crippen LogP contribution in [0.5, 0.6) is 0 Å². The van der Waals surface area contributed by atoms with Gasteiger partial charge in [-0.15, -0.1) is 11.6 Å². The minimum absolute atomic E-state index is 0.567. The van der Waals surface area contributed by atoms with Crippen LogP contribution in [0.2, 0.25) is 0 Å². The van der Waals surface area contributed by atoms with Gasteiger partial charge in [0.1, 0.15) is 0 Å². The molecule has 0 heterocycles. The van der Waals surface area contributed by atoms with Gasteiger partial charge in [-0.2, -0.15) is 0 Å². The first-order valence-electron chi connectivity index (χ1n) is 2.74. The second kappa shape index (κ2) is 3.93. The first kappa shape index (κ1) is 8.81. The van der Waals surface area contributed by atoms with Crippen molar-refractivity contribution < 1.29 is 0 Å². The van der Waals surface area contributed by atoms with Gasteiger partial charge in [-0.25, -0.2) is 0 Å². The molecule has 0 radical (unpaired) electrons. The molecule has 0 aliphatic heterocycles. The van der Waals surface area contributed by atoms with Gasteiger partial charge in [0, 0.05) is 13.9 Å². The first-order valence-corrected chi connectivity index (χ1v) is 5.14. The number of rotatable bonds is 1. The van der Waals surface area contributed by atoms with Crippen molar-refractivity contribution in [3.05, 3.63) is 31.8 Å². The lowest BCUT2D eigenvalue weighted by Gasteiger charge is -1.98. The van der Waals surface area contributed by atoms with E-state index in [1.807, 2.05) is 12.1 Å². The molecule has 0 atom stereocenters. The summed E-state index contributed by atoms with van der Waals surface area (Å²) in [6, 6.07) is 6.12. The SMILES string of the molecule is ClCc1cc(I)ccc1Br. The van der Waals surface area contributed by atoms with Crippen LogP contribution in [0, 0.1) is 3.57 Å². The largest absolute Gasteiger partial charge is 0.122 e. The lowest BCUT2D eigenvalue weighted by molar-refractivity contribution is 1.35. The van der Waals surface area contributed by atoms with Crippen LogP contribution in [-0.4, -0.2) is 0 Å². The Kier molecular flexibility index (Phi) is 3.46. The smallest absolute Gasteiger partial charge is 0.0485 e. The fourth-order valence-electron chi connectivity index (χ4n) is 0.646. The van der Waals surface area contributed by atoms with E-state index in [0.29, 0.717) is 5.88 Å². The summed E-state index contributed by atoms with van der Waals surface area (Å²) in [4.78, 5) is 0. The van der Waals surface area contributed by atoms with Crippen LogP contribution < -0.4 is 0 Å². The second-order valence-corrected chi connectivity index (χ2v) is 4.24. The highest BCUT2D eigenvalue weighted by Gasteiger charge is 1.97. The van der Waals surface area contributed by atoms with E-state index in [-0.39, 0.29) is 0 Å². The molecule has 10 heavy (non-hydrogen) atoms. The third kappa shape index (κ3) is 2.10. The minimum atomic E-state index is 0.567. The van der Waals surface area contributed by atoms with Crippen LogP contribution >= 0.6 is 50.1 Å². The zero-order valence-corrected chi connectivity index (χ0v) is 9.57. The van der Waals surface area contributed by atoms with Crippen LogP contribution in [0.15, 0.2) is 22.7 Å². The van der Waals surface area contributed by atoms with E-state index >= 15 is 0 Å². The number of halogens is 3. The summed E-state index contributed by atoms with van der Waals surface area (Å²) >= 11 is 11.3. The van der Waals surface area contributed by atoms with Crippen molar-refractivity contribution in [2.45, 2.75) is 5.88 Å². The standard InChI is InChI=1S/C7H5BrClI/c8-7-2-1-6(10)3-5(7)4-9/h1-3H,4H2. The van der Waals surface area contributed by atoms with Gasteiger partial charge in [-0.1, -0.05) is 15.9 Å². The number of benzene rings is 1. The number of hydrogen-bond donors (Lipinski definition) is 0.